The number of benzene rings is 2. The molecule has 0 aliphatic rings. The van der Waals surface area contributed by atoms with E-state index in [1.165, 1.54) is 0 Å². The van der Waals surface area contributed by atoms with Gasteiger partial charge in [0.25, 0.3) is 5.91 Å². The third-order valence-corrected chi connectivity index (χ3v) is 4.49. The number of amides is 1. The van der Waals surface area contributed by atoms with Gasteiger partial charge in [-0.2, -0.15) is 0 Å². The minimum absolute atomic E-state index is 0.125. The maximum absolute atomic E-state index is 12.4. The smallest absolute Gasteiger partial charge is 0.307 e. The number of nitrogens with one attached hydrogen (secondary N) is 1. The second-order valence-electron chi connectivity index (χ2n) is 6.08. The van der Waals surface area contributed by atoms with Gasteiger partial charge in [0.05, 0.1) is 13.0 Å². The number of ether oxygens (including phenoxy) is 1. The number of hydrogen-bond donors (Lipinski definition) is 1. The second kappa shape index (κ2) is 8.27. The first kappa shape index (κ1) is 19.0. The number of fused-ring (bicyclic) bond motifs is 1. The van der Waals surface area contributed by atoms with Crippen LogP contribution in [0.3, 0.4) is 0 Å². The third-order valence-electron chi connectivity index (χ3n) is 4.24. The monoisotopic (exact) mass is 385 g/mol. The number of carbonyl (C=O) groups is 2. The molecule has 0 fully saturated rings. The van der Waals surface area contributed by atoms with E-state index in [0.29, 0.717) is 17.2 Å². The zero-order valence-corrected chi connectivity index (χ0v) is 15.9. The summed E-state index contributed by atoms with van der Waals surface area (Å²) in [6.07, 6.45) is 0.125. The third kappa shape index (κ3) is 4.31. The summed E-state index contributed by atoms with van der Waals surface area (Å²) in [6, 6.07) is 13.4. The Hall–Kier alpha value is -2.79. The van der Waals surface area contributed by atoms with E-state index in [9.17, 15) is 9.59 Å². The molecule has 0 atom stereocenters. The largest absolute Gasteiger partial charge is 0.466 e. The molecular formula is C21H20ClNO4. The summed E-state index contributed by atoms with van der Waals surface area (Å²) in [5, 5.41) is 4.25. The van der Waals surface area contributed by atoms with Gasteiger partial charge in [0.15, 0.2) is 5.76 Å². The Morgan fingerprint density at radius 3 is 2.52 bits per heavy atom. The zero-order valence-electron chi connectivity index (χ0n) is 15.2. The van der Waals surface area contributed by atoms with Gasteiger partial charge in [-0.15, -0.1) is 0 Å². The average Bonchev–Trinajstić information content (AvgIpc) is 2.99. The fourth-order valence-corrected chi connectivity index (χ4v) is 2.98. The van der Waals surface area contributed by atoms with E-state index in [0.717, 1.165) is 22.1 Å². The van der Waals surface area contributed by atoms with E-state index < -0.39 is 0 Å². The quantitative estimate of drug-likeness (QED) is 0.622. The van der Waals surface area contributed by atoms with Gasteiger partial charge < -0.3 is 14.5 Å². The van der Waals surface area contributed by atoms with Gasteiger partial charge in [-0.1, -0.05) is 35.9 Å². The number of hydrogen-bond acceptors (Lipinski definition) is 4. The summed E-state index contributed by atoms with van der Waals surface area (Å²) in [4.78, 5) is 23.8. The van der Waals surface area contributed by atoms with Crippen molar-refractivity contribution in [2.75, 3.05) is 13.2 Å². The van der Waals surface area contributed by atoms with Crippen molar-refractivity contribution >= 4 is 34.4 Å². The molecule has 0 saturated heterocycles. The number of carbonyl (C=O) groups excluding carboxylic acids is 2. The van der Waals surface area contributed by atoms with Crippen LogP contribution in [0.2, 0.25) is 5.02 Å². The Balaban J connectivity index is 1.78. The summed E-state index contributed by atoms with van der Waals surface area (Å²) in [7, 11) is 0. The average molecular weight is 386 g/mol. The lowest BCUT2D eigenvalue weighted by atomic mass is 10.0. The van der Waals surface area contributed by atoms with Crippen molar-refractivity contribution in [3.05, 3.63) is 58.8 Å². The maximum Gasteiger partial charge on any atom is 0.307 e. The SMILES string of the molecule is CCOC(=O)CCNC(=O)c1oc2cc(-c3ccc(Cl)cc3)ccc2c1C. The van der Waals surface area contributed by atoms with Gasteiger partial charge in [-0.05, 0) is 43.2 Å². The van der Waals surface area contributed by atoms with E-state index in [4.69, 9.17) is 20.8 Å². The van der Waals surface area contributed by atoms with Crippen LogP contribution < -0.4 is 5.32 Å². The summed E-state index contributed by atoms with van der Waals surface area (Å²) in [6.45, 7) is 4.11. The molecule has 140 valence electrons. The number of furan rings is 1. The molecule has 2 aromatic carbocycles. The fourth-order valence-electron chi connectivity index (χ4n) is 2.86. The molecule has 0 aliphatic carbocycles. The van der Waals surface area contributed by atoms with E-state index in [1.807, 2.05) is 49.4 Å². The second-order valence-corrected chi connectivity index (χ2v) is 6.52. The first-order chi connectivity index (χ1) is 13.0. The zero-order chi connectivity index (χ0) is 19.4. The van der Waals surface area contributed by atoms with Crippen molar-refractivity contribution in [3.8, 4) is 11.1 Å². The molecule has 0 aliphatic heterocycles. The van der Waals surface area contributed by atoms with Crippen LogP contribution in [0.25, 0.3) is 22.1 Å². The van der Waals surface area contributed by atoms with Gasteiger partial charge in [0.1, 0.15) is 5.58 Å². The highest BCUT2D eigenvalue weighted by molar-refractivity contribution is 6.30. The summed E-state index contributed by atoms with van der Waals surface area (Å²) in [5.74, 6) is -0.435. The Kier molecular flexibility index (Phi) is 5.81. The minimum atomic E-state index is -0.346. The van der Waals surface area contributed by atoms with Crippen molar-refractivity contribution in [2.24, 2.45) is 0 Å². The van der Waals surface area contributed by atoms with E-state index in [-0.39, 0.29) is 30.6 Å². The van der Waals surface area contributed by atoms with Crippen molar-refractivity contribution in [1.82, 2.24) is 5.32 Å². The molecular weight excluding hydrogens is 366 g/mol. The van der Waals surface area contributed by atoms with Crippen LogP contribution in [0.5, 0.6) is 0 Å². The van der Waals surface area contributed by atoms with Crippen LogP contribution in [-0.2, 0) is 9.53 Å². The van der Waals surface area contributed by atoms with Crippen LogP contribution in [0.15, 0.2) is 46.9 Å². The Bertz CT molecular complexity index is 976. The summed E-state index contributed by atoms with van der Waals surface area (Å²) in [5.41, 5.74) is 3.38. The van der Waals surface area contributed by atoms with Crippen molar-refractivity contribution in [3.63, 3.8) is 0 Å². The molecule has 3 rings (SSSR count). The highest BCUT2D eigenvalue weighted by Crippen LogP contribution is 2.30. The number of halogens is 1. The predicted octanol–water partition coefficient (Wildman–Crippen LogP) is 4.74. The lowest BCUT2D eigenvalue weighted by molar-refractivity contribution is -0.142. The lowest BCUT2D eigenvalue weighted by Crippen LogP contribution is -2.26. The topological polar surface area (TPSA) is 68.5 Å². The molecule has 1 aromatic heterocycles. The molecule has 5 nitrogen and oxygen atoms in total. The first-order valence-electron chi connectivity index (χ1n) is 8.72. The minimum Gasteiger partial charge on any atom is -0.466 e. The molecule has 0 radical (unpaired) electrons. The standard InChI is InChI=1S/C21H20ClNO4/c1-3-26-19(24)10-11-23-21(25)20-13(2)17-9-6-15(12-18(17)27-20)14-4-7-16(22)8-5-14/h4-9,12H,3,10-11H2,1-2H3,(H,23,25). The van der Waals surface area contributed by atoms with Crippen LogP contribution in [0.1, 0.15) is 29.5 Å². The highest BCUT2D eigenvalue weighted by Gasteiger charge is 2.18. The molecule has 27 heavy (non-hydrogen) atoms. The van der Waals surface area contributed by atoms with Gasteiger partial charge in [0, 0.05) is 22.5 Å². The van der Waals surface area contributed by atoms with Crippen LogP contribution in [-0.4, -0.2) is 25.0 Å². The van der Waals surface area contributed by atoms with Crippen molar-refractivity contribution in [1.29, 1.82) is 0 Å². The van der Waals surface area contributed by atoms with E-state index in [1.54, 1.807) is 6.92 Å². The Morgan fingerprint density at radius 2 is 1.81 bits per heavy atom. The number of rotatable bonds is 6. The number of aryl methyl sites for hydroxylation is 1. The van der Waals surface area contributed by atoms with Gasteiger partial charge in [0.2, 0.25) is 0 Å². The van der Waals surface area contributed by atoms with Crippen LogP contribution >= 0.6 is 11.6 Å². The lowest BCUT2D eigenvalue weighted by Gasteiger charge is -2.03. The molecule has 6 heteroatoms. The molecule has 3 aromatic rings. The normalized spacial score (nSPS) is 10.8. The Morgan fingerprint density at radius 1 is 1.11 bits per heavy atom. The summed E-state index contributed by atoms with van der Waals surface area (Å²) >= 11 is 5.94. The molecule has 0 spiro atoms. The summed E-state index contributed by atoms with van der Waals surface area (Å²) < 4.78 is 10.6. The van der Waals surface area contributed by atoms with E-state index >= 15 is 0 Å². The molecule has 1 N–H and O–H groups in total. The predicted molar refractivity (Wildman–Crippen MR) is 105 cm³/mol. The maximum atomic E-state index is 12.4. The van der Waals surface area contributed by atoms with Crippen molar-refractivity contribution < 1.29 is 18.7 Å². The highest BCUT2D eigenvalue weighted by atomic mass is 35.5. The Labute approximate surface area is 162 Å². The van der Waals surface area contributed by atoms with Gasteiger partial charge in [-0.25, -0.2) is 0 Å². The van der Waals surface area contributed by atoms with Gasteiger partial charge in [-0.3, -0.25) is 9.59 Å². The number of esters is 1. The molecule has 1 heterocycles. The molecule has 0 bridgehead atoms. The molecule has 0 unspecified atom stereocenters. The molecule has 0 saturated carbocycles. The van der Waals surface area contributed by atoms with Crippen molar-refractivity contribution in [2.45, 2.75) is 20.3 Å². The molecule has 1 amide bonds. The van der Waals surface area contributed by atoms with E-state index in [2.05, 4.69) is 5.32 Å². The first-order valence-corrected chi connectivity index (χ1v) is 9.10. The van der Waals surface area contributed by atoms with Crippen LogP contribution in [0.4, 0.5) is 0 Å². The van der Waals surface area contributed by atoms with Crippen LogP contribution in [0, 0.1) is 6.92 Å². The van der Waals surface area contributed by atoms with Gasteiger partial charge >= 0.3 is 5.97 Å². The fraction of sp³-hybridized carbons (Fsp3) is 0.238.